The van der Waals surface area contributed by atoms with E-state index in [1.807, 2.05) is 20.8 Å². The molecule has 0 spiro atoms. The van der Waals surface area contributed by atoms with Crippen molar-refractivity contribution in [2.45, 2.75) is 39.7 Å². The Balaban J connectivity index is 2.16. The van der Waals surface area contributed by atoms with Crippen LogP contribution in [0.1, 0.15) is 33.6 Å². The van der Waals surface area contributed by atoms with E-state index < -0.39 is 17.6 Å². The van der Waals surface area contributed by atoms with Crippen LogP contribution in [-0.2, 0) is 4.79 Å². The fraction of sp³-hybridized carbons (Fsp3) is 0.833. The Morgan fingerprint density at radius 3 is 2.31 bits per heavy atom. The van der Waals surface area contributed by atoms with Crippen LogP contribution >= 0.6 is 0 Å². The van der Waals surface area contributed by atoms with Crippen LogP contribution in [0.3, 0.4) is 0 Å². The first-order valence-electron chi connectivity index (χ1n) is 5.84. The van der Waals surface area contributed by atoms with Crippen LogP contribution in [0.25, 0.3) is 0 Å². The fourth-order valence-corrected chi connectivity index (χ4v) is 2.58. The van der Waals surface area contributed by atoms with E-state index in [2.05, 4.69) is 0 Å². The number of amides is 1. The van der Waals surface area contributed by atoms with Crippen LogP contribution < -0.4 is 0 Å². The van der Waals surface area contributed by atoms with Gasteiger partial charge in [0.2, 0.25) is 0 Å². The molecule has 0 aromatic carbocycles. The molecule has 1 saturated carbocycles. The van der Waals surface area contributed by atoms with Crippen molar-refractivity contribution in [2.75, 3.05) is 6.54 Å². The lowest BCUT2D eigenvalue weighted by Gasteiger charge is -2.35. The average Bonchev–Trinajstić information content (AvgIpc) is 2.90. The Morgan fingerprint density at radius 1 is 1.19 bits per heavy atom. The van der Waals surface area contributed by atoms with Crippen molar-refractivity contribution in [2.24, 2.45) is 17.3 Å². The number of piperidine rings is 1. The Hall–Kier alpha value is -1.06. The topological polar surface area (TPSA) is 57.6 Å². The molecule has 16 heavy (non-hydrogen) atoms. The molecule has 1 aliphatic heterocycles. The molecule has 4 heteroatoms. The van der Waals surface area contributed by atoms with Gasteiger partial charge in [0.25, 0.3) is 0 Å². The summed E-state index contributed by atoms with van der Waals surface area (Å²) < 4.78 is 0. The predicted molar refractivity (Wildman–Crippen MR) is 59.2 cm³/mol. The summed E-state index contributed by atoms with van der Waals surface area (Å²) in [5, 5.41) is 9.13. The van der Waals surface area contributed by atoms with Crippen molar-refractivity contribution in [1.82, 2.24) is 4.90 Å². The number of hydrogen-bond donors (Lipinski definition) is 1. The van der Waals surface area contributed by atoms with Crippen molar-refractivity contribution in [3.05, 3.63) is 0 Å². The smallest absolute Gasteiger partial charge is 0.407 e. The molecule has 2 fully saturated rings. The lowest BCUT2D eigenvalue weighted by Crippen LogP contribution is -2.51. The lowest BCUT2D eigenvalue weighted by atomic mass is 9.83. The number of fused-ring (bicyclic) bond motifs is 1. The Kier molecular flexibility index (Phi) is 2.48. The monoisotopic (exact) mass is 225 g/mol. The Morgan fingerprint density at radius 2 is 1.81 bits per heavy atom. The van der Waals surface area contributed by atoms with Gasteiger partial charge in [-0.05, 0) is 24.7 Å². The number of carboxylic acid groups (broad SMARTS) is 1. The minimum absolute atomic E-state index is 0.0558. The van der Waals surface area contributed by atoms with E-state index in [1.165, 1.54) is 4.90 Å². The largest absolute Gasteiger partial charge is 0.465 e. The van der Waals surface area contributed by atoms with Gasteiger partial charge in [-0.3, -0.25) is 9.69 Å². The van der Waals surface area contributed by atoms with Crippen LogP contribution in [0.15, 0.2) is 0 Å². The predicted octanol–water partition coefficient (Wildman–Crippen LogP) is 1.99. The molecule has 90 valence electrons. The zero-order valence-corrected chi connectivity index (χ0v) is 10.1. The zero-order chi connectivity index (χ0) is 12.1. The quantitative estimate of drug-likeness (QED) is 0.742. The number of carbonyl (C=O) groups is 2. The molecular weight excluding hydrogens is 206 g/mol. The molecule has 1 amide bonds. The van der Waals surface area contributed by atoms with E-state index in [1.54, 1.807) is 0 Å². The van der Waals surface area contributed by atoms with Gasteiger partial charge in [0, 0.05) is 12.0 Å². The van der Waals surface area contributed by atoms with E-state index in [-0.39, 0.29) is 5.78 Å². The van der Waals surface area contributed by atoms with Gasteiger partial charge in [-0.15, -0.1) is 0 Å². The first-order chi connectivity index (χ1) is 7.30. The van der Waals surface area contributed by atoms with Crippen molar-refractivity contribution >= 4 is 11.9 Å². The van der Waals surface area contributed by atoms with E-state index in [9.17, 15) is 9.59 Å². The van der Waals surface area contributed by atoms with E-state index in [0.717, 1.165) is 12.8 Å². The summed E-state index contributed by atoms with van der Waals surface area (Å²) in [5.74, 6) is 1.16. The number of Topliss-reactive ketones (excluding diaryl/α,β-unsaturated/α-hetero) is 1. The second kappa shape index (κ2) is 3.47. The number of rotatable bonds is 1. The average molecular weight is 225 g/mol. The molecule has 0 radical (unpaired) electrons. The van der Waals surface area contributed by atoms with Crippen LogP contribution in [0, 0.1) is 17.3 Å². The maximum Gasteiger partial charge on any atom is 0.407 e. The third-order valence-corrected chi connectivity index (χ3v) is 3.69. The second-order valence-corrected chi connectivity index (χ2v) is 6.06. The van der Waals surface area contributed by atoms with E-state index in [4.69, 9.17) is 5.11 Å². The molecule has 0 aromatic heterocycles. The van der Waals surface area contributed by atoms with Crippen molar-refractivity contribution < 1.29 is 14.7 Å². The summed E-state index contributed by atoms with van der Waals surface area (Å²) in [4.78, 5) is 24.7. The van der Waals surface area contributed by atoms with Crippen LogP contribution in [0.2, 0.25) is 0 Å². The molecule has 0 bridgehead atoms. The molecule has 1 saturated heterocycles. The summed E-state index contributed by atoms with van der Waals surface area (Å²) in [6.07, 6.45) is 0.873. The highest BCUT2D eigenvalue weighted by Gasteiger charge is 2.50. The molecule has 4 nitrogen and oxygen atoms in total. The number of carbonyl (C=O) groups excluding carboxylic acids is 1. The summed E-state index contributed by atoms with van der Waals surface area (Å²) in [7, 11) is 0. The highest BCUT2D eigenvalue weighted by Crippen LogP contribution is 2.48. The number of nitrogens with zero attached hydrogens (tertiary/aromatic N) is 1. The van der Waals surface area contributed by atoms with Gasteiger partial charge in [0.05, 0.1) is 6.04 Å². The molecule has 3 atom stereocenters. The van der Waals surface area contributed by atoms with Crippen molar-refractivity contribution in [1.29, 1.82) is 0 Å². The second-order valence-electron chi connectivity index (χ2n) is 6.06. The minimum Gasteiger partial charge on any atom is -0.465 e. The van der Waals surface area contributed by atoms with E-state index >= 15 is 0 Å². The molecule has 2 aliphatic rings. The molecular formula is C12H19NO3. The molecule has 0 unspecified atom stereocenters. The summed E-state index contributed by atoms with van der Waals surface area (Å²) in [6, 6.07) is -0.416. The molecule has 1 aliphatic carbocycles. The van der Waals surface area contributed by atoms with E-state index in [0.29, 0.717) is 18.4 Å². The fourth-order valence-electron chi connectivity index (χ4n) is 2.58. The minimum atomic E-state index is -0.951. The first-order valence-corrected chi connectivity index (χ1v) is 5.84. The van der Waals surface area contributed by atoms with Gasteiger partial charge in [-0.25, -0.2) is 4.79 Å². The highest BCUT2D eigenvalue weighted by atomic mass is 16.4. The molecule has 2 rings (SSSR count). The summed E-state index contributed by atoms with van der Waals surface area (Å²) >= 11 is 0. The van der Waals surface area contributed by atoms with Gasteiger partial charge >= 0.3 is 6.09 Å². The third-order valence-electron chi connectivity index (χ3n) is 3.69. The first kappa shape index (κ1) is 11.4. The summed E-state index contributed by atoms with van der Waals surface area (Å²) in [5.41, 5.74) is -0.458. The van der Waals surface area contributed by atoms with Gasteiger partial charge in [0.1, 0.15) is 0 Å². The summed E-state index contributed by atoms with van der Waals surface area (Å²) in [6.45, 7) is 6.11. The van der Waals surface area contributed by atoms with Gasteiger partial charge in [-0.1, -0.05) is 20.8 Å². The molecule has 1 N–H and O–H groups in total. The zero-order valence-electron chi connectivity index (χ0n) is 10.1. The SMILES string of the molecule is CC(C)(C)C(=O)[C@@H]1C[C@H]2C[C@H]2CN1C(=O)O. The van der Waals surface area contributed by atoms with Gasteiger partial charge in [0.15, 0.2) is 5.78 Å². The number of likely N-dealkylation sites (tertiary alicyclic amines) is 1. The Labute approximate surface area is 95.6 Å². The van der Waals surface area contributed by atoms with Crippen LogP contribution in [-0.4, -0.2) is 34.5 Å². The van der Waals surface area contributed by atoms with Gasteiger partial charge < -0.3 is 5.11 Å². The number of ketones is 1. The maximum absolute atomic E-state index is 12.2. The molecule has 1 heterocycles. The van der Waals surface area contributed by atoms with Crippen molar-refractivity contribution in [3.8, 4) is 0 Å². The van der Waals surface area contributed by atoms with Crippen LogP contribution in [0.5, 0.6) is 0 Å². The normalized spacial score (nSPS) is 33.2. The Bertz CT molecular complexity index is 332. The maximum atomic E-state index is 12.2. The highest BCUT2D eigenvalue weighted by molar-refractivity contribution is 5.91. The molecule has 0 aromatic rings. The van der Waals surface area contributed by atoms with Crippen molar-refractivity contribution in [3.63, 3.8) is 0 Å². The number of hydrogen-bond acceptors (Lipinski definition) is 2. The third kappa shape index (κ3) is 1.93. The van der Waals surface area contributed by atoms with Crippen LogP contribution in [0.4, 0.5) is 4.79 Å². The standard InChI is InChI=1S/C12H19NO3/c1-12(2,3)10(14)9-5-7-4-8(7)6-13(9)11(15)16/h7-9H,4-6H2,1-3H3,(H,15,16)/t7-,8+,9+/m1/s1. The lowest BCUT2D eigenvalue weighted by molar-refractivity contribution is -0.132. The van der Waals surface area contributed by atoms with Gasteiger partial charge in [-0.2, -0.15) is 0 Å².